The number of carbonyl (C=O) groups is 1. The van der Waals surface area contributed by atoms with E-state index in [9.17, 15) is 4.79 Å². The maximum absolute atomic E-state index is 13.1. The standard InChI is InChI=1S/C18H22N2O3S/c1-19-9-10-23-17(13-19)18(21)20(12-16-4-3-11-24-16)14-5-7-15(22-2)8-6-14/h3-8,11,17H,9-10,12-13H2,1-2H3/t17-/m1/s1. The first kappa shape index (κ1) is 17.0. The maximum Gasteiger partial charge on any atom is 0.257 e. The number of hydrogen-bond acceptors (Lipinski definition) is 5. The van der Waals surface area contributed by atoms with Crippen LogP contribution in [0.1, 0.15) is 4.88 Å². The smallest absolute Gasteiger partial charge is 0.257 e. The number of amides is 1. The monoisotopic (exact) mass is 346 g/mol. The molecule has 0 radical (unpaired) electrons. The summed E-state index contributed by atoms with van der Waals surface area (Å²) in [5.41, 5.74) is 0.853. The summed E-state index contributed by atoms with van der Waals surface area (Å²) in [6.45, 7) is 2.61. The Kier molecular flexibility index (Phi) is 5.50. The molecule has 1 fully saturated rings. The van der Waals surface area contributed by atoms with E-state index < -0.39 is 6.10 Å². The molecular formula is C18H22N2O3S. The lowest BCUT2D eigenvalue weighted by Gasteiger charge is -2.33. The predicted molar refractivity (Wildman–Crippen MR) is 95.7 cm³/mol. The van der Waals surface area contributed by atoms with E-state index in [1.165, 1.54) is 0 Å². The molecule has 0 aliphatic carbocycles. The maximum atomic E-state index is 13.1. The van der Waals surface area contributed by atoms with Crippen LogP contribution in [0.4, 0.5) is 5.69 Å². The van der Waals surface area contributed by atoms with Gasteiger partial charge < -0.3 is 19.3 Å². The first-order valence-electron chi connectivity index (χ1n) is 7.95. The Hall–Kier alpha value is -1.89. The van der Waals surface area contributed by atoms with Gasteiger partial charge in [0.15, 0.2) is 0 Å². The lowest BCUT2D eigenvalue weighted by molar-refractivity contribution is -0.135. The number of thiophene rings is 1. The molecule has 2 aromatic rings. The van der Waals surface area contributed by atoms with Crippen molar-refractivity contribution in [2.45, 2.75) is 12.6 Å². The van der Waals surface area contributed by atoms with Gasteiger partial charge in [0.1, 0.15) is 11.9 Å². The van der Waals surface area contributed by atoms with Gasteiger partial charge in [-0.3, -0.25) is 4.79 Å². The van der Waals surface area contributed by atoms with E-state index in [4.69, 9.17) is 9.47 Å². The van der Waals surface area contributed by atoms with Crippen molar-refractivity contribution in [1.82, 2.24) is 4.90 Å². The van der Waals surface area contributed by atoms with Gasteiger partial charge in [-0.1, -0.05) is 6.07 Å². The van der Waals surface area contributed by atoms with Gasteiger partial charge in [0, 0.05) is 23.7 Å². The molecule has 24 heavy (non-hydrogen) atoms. The summed E-state index contributed by atoms with van der Waals surface area (Å²) in [6.07, 6.45) is -0.425. The molecule has 1 aliphatic rings. The van der Waals surface area contributed by atoms with E-state index in [0.717, 1.165) is 22.9 Å². The molecule has 1 aromatic heterocycles. The molecule has 1 aliphatic heterocycles. The number of carbonyl (C=O) groups excluding carboxylic acids is 1. The van der Waals surface area contributed by atoms with Crippen LogP contribution >= 0.6 is 11.3 Å². The molecule has 0 N–H and O–H groups in total. The molecule has 2 heterocycles. The summed E-state index contributed by atoms with van der Waals surface area (Å²) in [6, 6.07) is 11.6. The van der Waals surface area contributed by atoms with Crippen LogP contribution in [0.3, 0.4) is 0 Å². The van der Waals surface area contributed by atoms with Crippen molar-refractivity contribution in [3.63, 3.8) is 0 Å². The van der Waals surface area contributed by atoms with Crippen molar-refractivity contribution in [1.29, 1.82) is 0 Å². The fourth-order valence-electron chi connectivity index (χ4n) is 2.72. The highest BCUT2D eigenvalue weighted by Gasteiger charge is 2.30. The number of benzene rings is 1. The van der Waals surface area contributed by atoms with Gasteiger partial charge in [-0.2, -0.15) is 0 Å². The average Bonchev–Trinajstić information content (AvgIpc) is 3.12. The molecule has 0 saturated carbocycles. The topological polar surface area (TPSA) is 42.0 Å². The highest BCUT2D eigenvalue weighted by molar-refractivity contribution is 7.09. The van der Waals surface area contributed by atoms with Gasteiger partial charge in [0.25, 0.3) is 5.91 Å². The molecule has 6 heteroatoms. The van der Waals surface area contributed by atoms with Crippen LogP contribution in [-0.4, -0.2) is 50.8 Å². The summed E-state index contributed by atoms with van der Waals surface area (Å²) in [5.74, 6) is 0.774. The number of ether oxygens (including phenoxy) is 2. The van der Waals surface area contributed by atoms with Crippen LogP contribution in [-0.2, 0) is 16.1 Å². The van der Waals surface area contributed by atoms with E-state index in [0.29, 0.717) is 19.7 Å². The number of nitrogens with zero attached hydrogens (tertiary/aromatic N) is 2. The van der Waals surface area contributed by atoms with Crippen molar-refractivity contribution in [2.24, 2.45) is 0 Å². The Morgan fingerprint density at radius 3 is 2.79 bits per heavy atom. The highest BCUT2D eigenvalue weighted by atomic mass is 32.1. The molecule has 0 spiro atoms. The van der Waals surface area contributed by atoms with Crippen molar-refractivity contribution in [3.8, 4) is 5.75 Å². The van der Waals surface area contributed by atoms with E-state index in [1.54, 1.807) is 23.3 Å². The van der Waals surface area contributed by atoms with Crippen LogP contribution in [0.5, 0.6) is 5.75 Å². The first-order chi connectivity index (χ1) is 11.7. The summed E-state index contributed by atoms with van der Waals surface area (Å²) in [4.78, 5) is 18.1. The lowest BCUT2D eigenvalue weighted by Crippen LogP contribution is -2.49. The van der Waals surface area contributed by atoms with Crippen molar-refractivity contribution >= 4 is 22.9 Å². The Balaban J connectivity index is 1.84. The molecule has 1 atom stereocenters. The molecule has 1 aromatic carbocycles. The number of anilines is 1. The Labute approximate surface area is 146 Å². The average molecular weight is 346 g/mol. The van der Waals surface area contributed by atoms with E-state index in [2.05, 4.69) is 4.90 Å². The van der Waals surface area contributed by atoms with E-state index in [1.807, 2.05) is 48.8 Å². The van der Waals surface area contributed by atoms with Gasteiger partial charge in [0.2, 0.25) is 0 Å². The van der Waals surface area contributed by atoms with Crippen molar-refractivity contribution in [2.75, 3.05) is 38.8 Å². The molecule has 1 amide bonds. The molecule has 5 nitrogen and oxygen atoms in total. The second kappa shape index (κ2) is 7.79. The zero-order valence-corrected chi connectivity index (χ0v) is 14.8. The summed E-state index contributed by atoms with van der Waals surface area (Å²) in [7, 11) is 3.65. The molecule has 128 valence electrons. The zero-order valence-electron chi connectivity index (χ0n) is 14.0. The minimum atomic E-state index is -0.425. The van der Waals surface area contributed by atoms with Gasteiger partial charge in [0.05, 0.1) is 20.3 Å². The number of methoxy groups -OCH3 is 1. The number of likely N-dealkylation sites (N-methyl/N-ethyl adjacent to an activating group) is 1. The van der Waals surface area contributed by atoms with Crippen molar-refractivity contribution in [3.05, 3.63) is 46.7 Å². The number of morpholine rings is 1. The van der Waals surface area contributed by atoms with Gasteiger partial charge >= 0.3 is 0 Å². The highest BCUT2D eigenvalue weighted by Crippen LogP contribution is 2.24. The SMILES string of the molecule is COc1ccc(N(Cc2cccs2)C(=O)[C@H]2CN(C)CCO2)cc1. The fraction of sp³-hybridized carbons (Fsp3) is 0.389. The molecular weight excluding hydrogens is 324 g/mol. The van der Waals surface area contributed by atoms with Crippen LogP contribution < -0.4 is 9.64 Å². The molecule has 1 saturated heterocycles. The zero-order chi connectivity index (χ0) is 16.9. The van der Waals surface area contributed by atoms with Crippen LogP contribution in [0.15, 0.2) is 41.8 Å². The van der Waals surface area contributed by atoms with Crippen LogP contribution in [0.2, 0.25) is 0 Å². The Morgan fingerprint density at radius 1 is 1.38 bits per heavy atom. The first-order valence-corrected chi connectivity index (χ1v) is 8.83. The molecule has 0 unspecified atom stereocenters. The van der Waals surface area contributed by atoms with Crippen molar-refractivity contribution < 1.29 is 14.3 Å². The lowest BCUT2D eigenvalue weighted by atomic mass is 10.2. The predicted octanol–water partition coefficient (Wildman–Crippen LogP) is 2.62. The van der Waals surface area contributed by atoms with E-state index in [-0.39, 0.29) is 5.91 Å². The second-order valence-corrected chi connectivity index (χ2v) is 6.86. The summed E-state index contributed by atoms with van der Waals surface area (Å²) < 4.78 is 10.9. The Bertz CT molecular complexity index is 657. The largest absolute Gasteiger partial charge is 0.497 e. The quantitative estimate of drug-likeness (QED) is 0.835. The van der Waals surface area contributed by atoms with Gasteiger partial charge in [-0.05, 0) is 42.8 Å². The third kappa shape index (κ3) is 3.95. The third-order valence-electron chi connectivity index (χ3n) is 4.09. The normalized spacial score (nSPS) is 18.3. The minimum absolute atomic E-state index is 0.000108. The second-order valence-electron chi connectivity index (χ2n) is 5.82. The molecule has 0 bridgehead atoms. The molecule has 3 rings (SSSR count). The van der Waals surface area contributed by atoms with Crippen LogP contribution in [0.25, 0.3) is 0 Å². The Morgan fingerprint density at radius 2 is 2.17 bits per heavy atom. The van der Waals surface area contributed by atoms with Gasteiger partial charge in [-0.25, -0.2) is 0 Å². The number of hydrogen-bond donors (Lipinski definition) is 0. The van der Waals surface area contributed by atoms with E-state index >= 15 is 0 Å². The summed E-state index contributed by atoms with van der Waals surface area (Å²) in [5, 5.41) is 2.02. The fourth-order valence-corrected chi connectivity index (χ4v) is 3.41. The minimum Gasteiger partial charge on any atom is -0.497 e. The van der Waals surface area contributed by atoms with Crippen LogP contribution in [0, 0.1) is 0 Å². The third-order valence-corrected chi connectivity index (χ3v) is 4.95. The number of rotatable bonds is 5. The summed E-state index contributed by atoms with van der Waals surface area (Å²) >= 11 is 1.65. The van der Waals surface area contributed by atoms with Gasteiger partial charge in [-0.15, -0.1) is 11.3 Å².